The van der Waals surface area contributed by atoms with Gasteiger partial charge in [0.25, 0.3) is 0 Å². The van der Waals surface area contributed by atoms with Crippen molar-refractivity contribution in [1.82, 2.24) is 4.90 Å². The number of aliphatic imine (C=N–C) groups is 1. The van der Waals surface area contributed by atoms with Gasteiger partial charge in [0.15, 0.2) is 5.17 Å². The van der Waals surface area contributed by atoms with Gasteiger partial charge >= 0.3 is 0 Å². The lowest BCUT2D eigenvalue weighted by atomic mass is 10.2. The Morgan fingerprint density at radius 3 is 2.61 bits per heavy atom. The second-order valence-corrected chi connectivity index (χ2v) is 7.92. The Morgan fingerprint density at radius 1 is 1.21 bits per heavy atom. The number of anilines is 1. The van der Waals surface area contributed by atoms with Crippen LogP contribution in [0, 0.1) is 12.7 Å². The van der Waals surface area contributed by atoms with Crippen molar-refractivity contribution in [3.63, 3.8) is 0 Å². The van der Waals surface area contributed by atoms with Crippen molar-refractivity contribution >= 4 is 34.2 Å². The Hall–Kier alpha value is -2.38. The second-order valence-electron chi connectivity index (χ2n) is 6.97. The number of amidine groups is 1. The third-order valence-electron chi connectivity index (χ3n) is 4.66. The lowest BCUT2D eigenvalue weighted by Crippen LogP contribution is -3.12. The molecule has 2 N–H and O–H groups in total. The van der Waals surface area contributed by atoms with E-state index in [9.17, 15) is 9.18 Å². The number of quaternary nitrogens is 1. The maximum atomic E-state index is 13.7. The fourth-order valence-electron chi connectivity index (χ4n) is 2.88. The number of hydrogen-bond donors (Lipinski definition) is 2. The average Bonchev–Trinajstić information content (AvgIpc) is 2.69. The first kappa shape index (κ1) is 20.4. The number of halogens is 1. The van der Waals surface area contributed by atoms with E-state index in [1.807, 2.05) is 30.3 Å². The van der Waals surface area contributed by atoms with Crippen molar-refractivity contribution in [1.29, 1.82) is 0 Å². The first-order valence-corrected chi connectivity index (χ1v) is 10.4. The number of nitrogens with one attached hydrogen (secondary N) is 2. The van der Waals surface area contributed by atoms with Gasteiger partial charge in [-0.2, -0.15) is 0 Å². The van der Waals surface area contributed by atoms with Crippen LogP contribution in [0.15, 0.2) is 53.5 Å². The molecule has 148 valence electrons. The number of nitrogens with zero attached hydrogens (tertiary/aromatic N) is 2. The largest absolute Gasteiger partial charge is 0.340 e. The van der Waals surface area contributed by atoms with Gasteiger partial charge in [-0.1, -0.05) is 36.0 Å². The van der Waals surface area contributed by atoms with Crippen molar-refractivity contribution in [3.05, 3.63) is 59.9 Å². The van der Waals surface area contributed by atoms with Gasteiger partial charge in [-0.15, -0.1) is 0 Å². The van der Waals surface area contributed by atoms with E-state index in [0.29, 0.717) is 11.3 Å². The standard InChI is InChI=1S/C21H25FN4OS/c1-16-8-9-18(14-19(16)22)23-20(27)15-28-21(24-17-6-4-3-5-7-17)26-12-10-25(2)11-13-26/h3-9,14H,10-13,15H2,1-2H3,(H,23,27)/p+1. The van der Waals surface area contributed by atoms with Gasteiger partial charge in [-0.25, -0.2) is 9.38 Å². The molecule has 0 spiro atoms. The molecule has 1 heterocycles. The van der Waals surface area contributed by atoms with Crippen LogP contribution in [0.2, 0.25) is 0 Å². The summed E-state index contributed by atoms with van der Waals surface area (Å²) >= 11 is 1.42. The minimum atomic E-state index is -0.322. The van der Waals surface area contributed by atoms with Crippen LogP contribution in [-0.2, 0) is 4.79 Å². The van der Waals surface area contributed by atoms with Gasteiger partial charge < -0.3 is 15.1 Å². The maximum Gasteiger partial charge on any atom is 0.234 e. The third-order valence-corrected chi connectivity index (χ3v) is 5.67. The highest BCUT2D eigenvalue weighted by molar-refractivity contribution is 8.14. The van der Waals surface area contributed by atoms with E-state index in [0.717, 1.165) is 37.0 Å². The van der Waals surface area contributed by atoms with E-state index in [4.69, 9.17) is 4.99 Å². The molecule has 1 amide bonds. The minimum Gasteiger partial charge on any atom is -0.340 e. The number of rotatable bonds is 4. The number of thioether (sulfide) groups is 1. The van der Waals surface area contributed by atoms with Crippen LogP contribution in [0.4, 0.5) is 15.8 Å². The molecule has 3 rings (SSSR count). The van der Waals surface area contributed by atoms with Gasteiger partial charge in [-0.3, -0.25) is 4.79 Å². The predicted molar refractivity (Wildman–Crippen MR) is 114 cm³/mol. The Morgan fingerprint density at radius 2 is 1.93 bits per heavy atom. The van der Waals surface area contributed by atoms with Crippen molar-refractivity contribution in [3.8, 4) is 0 Å². The van der Waals surface area contributed by atoms with Crippen LogP contribution in [-0.4, -0.2) is 55.0 Å². The highest BCUT2D eigenvalue weighted by Gasteiger charge is 2.21. The summed E-state index contributed by atoms with van der Waals surface area (Å²) in [4.78, 5) is 20.9. The van der Waals surface area contributed by atoms with Crippen molar-refractivity contribution in [2.45, 2.75) is 6.92 Å². The molecule has 7 heteroatoms. The molecule has 2 aromatic rings. The number of carbonyl (C=O) groups excluding carboxylic acids is 1. The lowest BCUT2D eigenvalue weighted by molar-refractivity contribution is -0.883. The van der Waals surface area contributed by atoms with Crippen LogP contribution in [0.3, 0.4) is 0 Å². The molecule has 0 saturated carbocycles. The predicted octanol–water partition coefficient (Wildman–Crippen LogP) is 2.32. The molecule has 0 radical (unpaired) electrons. The number of para-hydroxylation sites is 1. The van der Waals surface area contributed by atoms with E-state index in [1.54, 1.807) is 19.1 Å². The first-order valence-electron chi connectivity index (χ1n) is 9.40. The van der Waals surface area contributed by atoms with Crippen molar-refractivity contribution in [2.24, 2.45) is 4.99 Å². The molecule has 1 saturated heterocycles. The summed E-state index contributed by atoms with van der Waals surface area (Å²) in [6, 6.07) is 14.5. The number of amides is 1. The molecule has 1 fully saturated rings. The summed E-state index contributed by atoms with van der Waals surface area (Å²) in [7, 11) is 2.19. The molecule has 5 nitrogen and oxygen atoms in total. The van der Waals surface area contributed by atoms with Gasteiger partial charge in [0.2, 0.25) is 5.91 Å². The van der Waals surface area contributed by atoms with Crippen molar-refractivity contribution in [2.75, 3.05) is 44.3 Å². The number of aryl methyl sites for hydroxylation is 1. The highest BCUT2D eigenvalue weighted by atomic mass is 32.2. The molecule has 0 unspecified atom stereocenters. The van der Waals surface area contributed by atoms with E-state index in [2.05, 4.69) is 17.3 Å². The summed E-state index contributed by atoms with van der Waals surface area (Å²) in [6.07, 6.45) is 0. The second kappa shape index (κ2) is 9.71. The van der Waals surface area contributed by atoms with Gasteiger partial charge in [-0.05, 0) is 36.8 Å². The summed E-state index contributed by atoms with van der Waals surface area (Å²) < 4.78 is 13.7. The number of hydrogen-bond acceptors (Lipinski definition) is 3. The molecule has 2 aromatic carbocycles. The molecule has 0 aliphatic carbocycles. The van der Waals surface area contributed by atoms with Crippen LogP contribution in [0.25, 0.3) is 0 Å². The summed E-state index contributed by atoms with van der Waals surface area (Å²) in [5.41, 5.74) is 1.90. The molecule has 28 heavy (non-hydrogen) atoms. The lowest BCUT2D eigenvalue weighted by Gasteiger charge is -2.32. The number of carbonyl (C=O) groups is 1. The molecule has 1 aliphatic rings. The molecular weight excluding hydrogens is 375 g/mol. The van der Waals surface area contributed by atoms with E-state index >= 15 is 0 Å². The van der Waals surface area contributed by atoms with E-state index in [-0.39, 0.29) is 17.5 Å². The Labute approximate surface area is 169 Å². The first-order chi connectivity index (χ1) is 13.5. The van der Waals surface area contributed by atoms with Crippen LogP contribution >= 0.6 is 11.8 Å². The van der Waals surface area contributed by atoms with Crippen LogP contribution in [0.5, 0.6) is 0 Å². The molecule has 1 aliphatic heterocycles. The number of benzene rings is 2. The Kier molecular flexibility index (Phi) is 7.06. The average molecular weight is 402 g/mol. The maximum absolute atomic E-state index is 13.7. The van der Waals surface area contributed by atoms with Crippen molar-refractivity contribution < 1.29 is 14.1 Å². The summed E-state index contributed by atoms with van der Waals surface area (Å²) in [5, 5.41) is 3.61. The SMILES string of the molecule is Cc1ccc(NC(=O)CSC(=Nc2ccccc2)N2CC[NH+](C)CC2)cc1F. The quantitative estimate of drug-likeness (QED) is 0.611. The Balaban J connectivity index is 1.66. The minimum absolute atomic E-state index is 0.172. The third kappa shape index (κ3) is 5.81. The zero-order chi connectivity index (χ0) is 19.9. The highest BCUT2D eigenvalue weighted by Crippen LogP contribution is 2.19. The van der Waals surface area contributed by atoms with E-state index in [1.165, 1.54) is 22.7 Å². The van der Waals surface area contributed by atoms with Gasteiger partial charge in [0.05, 0.1) is 44.7 Å². The summed E-state index contributed by atoms with van der Waals surface area (Å²) in [6.45, 7) is 5.61. The fourth-order valence-corrected chi connectivity index (χ4v) is 3.75. The Bertz CT molecular complexity index is 836. The summed E-state index contributed by atoms with van der Waals surface area (Å²) in [5.74, 6) is -0.272. The van der Waals surface area contributed by atoms with Crippen LogP contribution < -0.4 is 10.2 Å². The van der Waals surface area contributed by atoms with Gasteiger partial charge in [0, 0.05) is 5.69 Å². The normalized spacial score (nSPS) is 15.5. The monoisotopic (exact) mass is 401 g/mol. The fraction of sp³-hybridized carbons (Fsp3) is 0.333. The van der Waals surface area contributed by atoms with Gasteiger partial charge in [0.1, 0.15) is 5.82 Å². The number of piperazine rings is 1. The smallest absolute Gasteiger partial charge is 0.234 e. The number of likely N-dealkylation sites (N-methyl/N-ethyl adjacent to an activating group) is 1. The zero-order valence-corrected chi connectivity index (χ0v) is 17.1. The molecule has 0 atom stereocenters. The zero-order valence-electron chi connectivity index (χ0n) is 16.2. The molecule has 0 bridgehead atoms. The molecular formula is C21H26FN4OS+. The molecule has 0 aromatic heterocycles. The topological polar surface area (TPSA) is 49.1 Å². The van der Waals surface area contributed by atoms with Crippen LogP contribution in [0.1, 0.15) is 5.56 Å². The van der Waals surface area contributed by atoms with E-state index < -0.39 is 0 Å².